The first kappa shape index (κ1) is 18.0. The van der Waals surface area contributed by atoms with Gasteiger partial charge in [-0.25, -0.2) is 0 Å². The SMILES string of the molecule is COc1cccc(-c2ccc(Cn3ccc(C(F)(F)F)n3)c3cnccc23)c1. The molecule has 4 aromatic rings. The van der Waals surface area contributed by atoms with Crippen LogP contribution in [0.15, 0.2) is 67.1 Å². The van der Waals surface area contributed by atoms with Gasteiger partial charge in [-0.2, -0.15) is 18.3 Å². The lowest BCUT2D eigenvalue weighted by Crippen LogP contribution is -2.08. The van der Waals surface area contributed by atoms with Crippen LogP contribution in [0.4, 0.5) is 13.2 Å². The van der Waals surface area contributed by atoms with Crippen molar-refractivity contribution >= 4 is 10.8 Å². The fraction of sp³-hybridized carbons (Fsp3) is 0.143. The molecule has 0 saturated heterocycles. The summed E-state index contributed by atoms with van der Waals surface area (Å²) in [5.41, 5.74) is 1.92. The Morgan fingerprint density at radius 2 is 1.89 bits per heavy atom. The Kier molecular flexibility index (Phi) is 4.50. The normalized spacial score (nSPS) is 11.7. The zero-order valence-corrected chi connectivity index (χ0v) is 14.9. The summed E-state index contributed by atoms with van der Waals surface area (Å²) in [6.45, 7) is 0.219. The van der Waals surface area contributed by atoms with Gasteiger partial charge in [0.05, 0.1) is 13.7 Å². The highest BCUT2D eigenvalue weighted by Gasteiger charge is 2.33. The van der Waals surface area contributed by atoms with Gasteiger partial charge in [0.15, 0.2) is 5.69 Å². The van der Waals surface area contributed by atoms with Crippen LogP contribution in [0.1, 0.15) is 11.3 Å². The van der Waals surface area contributed by atoms with E-state index in [1.807, 2.05) is 42.5 Å². The maximum atomic E-state index is 12.8. The van der Waals surface area contributed by atoms with Crippen molar-refractivity contribution in [2.24, 2.45) is 0 Å². The van der Waals surface area contributed by atoms with Crippen LogP contribution in [0, 0.1) is 0 Å². The van der Waals surface area contributed by atoms with Crippen LogP contribution in [-0.4, -0.2) is 21.9 Å². The van der Waals surface area contributed by atoms with Crippen LogP contribution in [0.3, 0.4) is 0 Å². The molecule has 0 radical (unpaired) electrons. The Hall–Kier alpha value is -3.35. The molecule has 4 nitrogen and oxygen atoms in total. The van der Waals surface area contributed by atoms with Crippen LogP contribution in [0.2, 0.25) is 0 Å². The van der Waals surface area contributed by atoms with Crippen molar-refractivity contribution in [3.63, 3.8) is 0 Å². The number of alkyl halides is 3. The van der Waals surface area contributed by atoms with E-state index in [0.717, 1.165) is 39.3 Å². The van der Waals surface area contributed by atoms with E-state index < -0.39 is 11.9 Å². The standard InChI is InChI=1S/C21H16F3N3O/c1-28-16-4-2-3-14(11-16)17-6-5-15(19-12-25-9-7-18(17)19)13-27-10-8-20(26-27)21(22,23)24/h2-12H,13H2,1H3. The molecule has 0 unspecified atom stereocenters. The fourth-order valence-electron chi connectivity index (χ4n) is 3.20. The number of hydrogen-bond acceptors (Lipinski definition) is 3. The topological polar surface area (TPSA) is 39.9 Å². The largest absolute Gasteiger partial charge is 0.497 e. The highest BCUT2D eigenvalue weighted by atomic mass is 19.4. The lowest BCUT2D eigenvalue weighted by Gasteiger charge is -2.12. The summed E-state index contributed by atoms with van der Waals surface area (Å²) in [5.74, 6) is 0.750. The van der Waals surface area contributed by atoms with Crippen LogP contribution < -0.4 is 4.74 Å². The fourth-order valence-corrected chi connectivity index (χ4v) is 3.20. The van der Waals surface area contributed by atoms with Crippen LogP contribution in [0.25, 0.3) is 21.9 Å². The van der Waals surface area contributed by atoms with Gasteiger partial charge in [0.1, 0.15) is 5.75 Å². The Bertz CT molecular complexity index is 1140. The van der Waals surface area contributed by atoms with E-state index >= 15 is 0 Å². The Morgan fingerprint density at radius 1 is 1.04 bits per heavy atom. The molecule has 142 valence electrons. The van der Waals surface area contributed by atoms with Crippen molar-refractivity contribution < 1.29 is 17.9 Å². The molecule has 0 N–H and O–H groups in total. The van der Waals surface area contributed by atoms with E-state index in [2.05, 4.69) is 10.1 Å². The third kappa shape index (κ3) is 3.43. The highest BCUT2D eigenvalue weighted by Crippen LogP contribution is 2.33. The highest BCUT2D eigenvalue weighted by molar-refractivity contribution is 5.98. The lowest BCUT2D eigenvalue weighted by atomic mass is 9.96. The Morgan fingerprint density at radius 3 is 2.64 bits per heavy atom. The van der Waals surface area contributed by atoms with E-state index in [1.54, 1.807) is 19.5 Å². The van der Waals surface area contributed by atoms with Gasteiger partial charge in [-0.1, -0.05) is 24.3 Å². The van der Waals surface area contributed by atoms with Crippen molar-refractivity contribution in [1.29, 1.82) is 0 Å². The molecule has 0 atom stereocenters. The number of pyridine rings is 1. The first-order chi connectivity index (χ1) is 13.5. The number of hydrogen-bond donors (Lipinski definition) is 0. The third-order valence-corrected chi connectivity index (χ3v) is 4.55. The summed E-state index contributed by atoms with van der Waals surface area (Å²) in [6, 6.07) is 14.4. The average Bonchev–Trinajstić information content (AvgIpc) is 3.17. The molecule has 2 aromatic heterocycles. The minimum Gasteiger partial charge on any atom is -0.497 e. The molecule has 7 heteroatoms. The van der Waals surface area contributed by atoms with E-state index in [-0.39, 0.29) is 6.54 Å². The second-order valence-corrected chi connectivity index (χ2v) is 6.32. The molecule has 0 bridgehead atoms. The van der Waals surface area contributed by atoms with E-state index in [0.29, 0.717) is 0 Å². The Labute approximate surface area is 159 Å². The minimum atomic E-state index is -4.45. The van der Waals surface area contributed by atoms with Gasteiger partial charge in [-0.05, 0) is 46.3 Å². The molecule has 0 fully saturated rings. The van der Waals surface area contributed by atoms with Crippen LogP contribution in [0.5, 0.6) is 5.75 Å². The van der Waals surface area contributed by atoms with Crippen molar-refractivity contribution in [1.82, 2.24) is 14.8 Å². The summed E-state index contributed by atoms with van der Waals surface area (Å²) in [5, 5.41) is 5.47. The maximum Gasteiger partial charge on any atom is 0.435 e. The van der Waals surface area contributed by atoms with Crippen molar-refractivity contribution in [2.45, 2.75) is 12.7 Å². The number of benzene rings is 2. The predicted molar refractivity (Wildman–Crippen MR) is 100 cm³/mol. The van der Waals surface area contributed by atoms with E-state index in [9.17, 15) is 13.2 Å². The second kappa shape index (κ2) is 6.99. The molecule has 2 aromatic carbocycles. The summed E-state index contributed by atoms with van der Waals surface area (Å²) < 4.78 is 45.0. The monoisotopic (exact) mass is 383 g/mol. The average molecular weight is 383 g/mol. The van der Waals surface area contributed by atoms with Crippen LogP contribution in [-0.2, 0) is 12.7 Å². The number of aromatic nitrogens is 3. The third-order valence-electron chi connectivity index (χ3n) is 4.55. The molecule has 2 heterocycles. The summed E-state index contributed by atoms with van der Waals surface area (Å²) in [4.78, 5) is 4.19. The molecular weight excluding hydrogens is 367 g/mol. The van der Waals surface area contributed by atoms with Crippen molar-refractivity contribution in [3.8, 4) is 16.9 Å². The summed E-state index contributed by atoms with van der Waals surface area (Å²) >= 11 is 0. The van der Waals surface area contributed by atoms with Crippen molar-refractivity contribution in [2.75, 3.05) is 7.11 Å². The molecule has 0 saturated carbocycles. The summed E-state index contributed by atoms with van der Waals surface area (Å²) in [7, 11) is 1.61. The number of methoxy groups -OCH3 is 1. The molecular formula is C21H16F3N3O. The zero-order chi connectivity index (χ0) is 19.7. The van der Waals surface area contributed by atoms with Crippen LogP contribution >= 0.6 is 0 Å². The number of ether oxygens (including phenoxy) is 1. The predicted octanol–water partition coefficient (Wildman–Crippen LogP) is 5.17. The Balaban J connectivity index is 1.76. The molecule has 0 aliphatic carbocycles. The van der Waals surface area contributed by atoms with Gasteiger partial charge in [0.2, 0.25) is 0 Å². The van der Waals surface area contributed by atoms with Gasteiger partial charge in [-0.3, -0.25) is 9.67 Å². The van der Waals surface area contributed by atoms with Gasteiger partial charge < -0.3 is 4.74 Å². The first-order valence-electron chi connectivity index (χ1n) is 8.56. The zero-order valence-electron chi connectivity index (χ0n) is 14.9. The first-order valence-corrected chi connectivity index (χ1v) is 8.56. The minimum absolute atomic E-state index is 0.219. The number of fused-ring (bicyclic) bond motifs is 1. The number of nitrogens with zero attached hydrogens (tertiary/aromatic N) is 3. The molecule has 0 amide bonds. The molecule has 4 rings (SSSR count). The molecule has 28 heavy (non-hydrogen) atoms. The molecule has 0 aliphatic heterocycles. The van der Waals surface area contributed by atoms with Gasteiger partial charge in [0.25, 0.3) is 0 Å². The maximum absolute atomic E-state index is 12.8. The molecule has 0 aliphatic rings. The number of halogens is 3. The van der Waals surface area contributed by atoms with E-state index in [4.69, 9.17) is 4.74 Å². The summed E-state index contributed by atoms with van der Waals surface area (Å²) in [6.07, 6.45) is 0.306. The van der Waals surface area contributed by atoms with Crippen molar-refractivity contribution in [3.05, 3.63) is 78.4 Å². The van der Waals surface area contributed by atoms with Gasteiger partial charge in [0, 0.05) is 24.0 Å². The second-order valence-electron chi connectivity index (χ2n) is 6.32. The van der Waals surface area contributed by atoms with Gasteiger partial charge in [-0.15, -0.1) is 0 Å². The van der Waals surface area contributed by atoms with E-state index in [1.165, 1.54) is 10.9 Å². The van der Waals surface area contributed by atoms with Gasteiger partial charge >= 0.3 is 6.18 Å². The number of rotatable bonds is 4. The lowest BCUT2D eigenvalue weighted by molar-refractivity contribution is -0.141. The smallest absolute Gasteiger partial charge is 0.435 e. The quantitative estimate of drug-likeness (QED) is 0.488. The molecule has 0 spiro atoms.